The van der Waals surface area contributed by atoms with E-state index in [1.54, 1.807) is 0 Å². The third-order valence-corrected chi connectivity index (χ3v) is 5.32. The van der Waals surface area contributed by atoms with Gasteiger partial charge in [-0.25, -0.2) is 0 Å². The van der Waals surface area contributed by atoms with Crippen LogP contribution in [0.2, 0.25) is 0 Å². The average Bonchev–Trinajstić information content (AvgIpc) is 3.00. The Morgan fingerprint density at radius 2 is 1.88 bits per heavy atom. The largest absolute Gasteiger partial charge is 0.339 e. The van der Waals surface area contributed by atoms with E-state index in [0.717, 1.165) is 50.0 Å². The maximum absolute atomic E-state index is 12.6. The molecule has 0 aromatic heterocycles. The molecule has 0 aliphatic carbocycles. The zero-order valence-electron chi connectivity index (χ0n) is 14.4. The quantitative estimate of drug-likeness (QED) is 0.919. The van der Waals surface area contributed by atoms with Gasteiger partial charge in [0.2, 0.25) is 5.91 Å². The van der Waals surface area contributed by atoms with Crippen LogP contribution in [-0.2, 0) is 11.3 Å². The highest BCUT2D eigenvalue weighted by Gasteiger charge is 2.25. The zero-order chi connectivity index (χ0) is 17.1. The summed E-state index contributed by atoms with van der Waals surface area (Å²) in [6, 6.07) is 7.90. The summed E-state index contributed by atoms with van der Waals surface area (Å²) in [5.74, 6) is 0.850. The van der Waals surface area contributed by atoms with Crippen molar-refractivity contribution in [3.63, 3.8) is 0 Å². The van der Waals surface area contributed by atoms with Crippen molar-refractivity contribution in [1.82, 2.24) is 9.80 Å². The predicted octanol–water partition coefficient (Wildman–Crippen LogP) is 2.01. The first-order valence-corrected chi connectivity index (χ1v) is 8.96. The summed E-state index contributed by atoms with van der Waals surface area (Å²) in [6.07, 6.45) is 3.58. The first-order chi connectivity index (χ1) is 11.5. The average molecular weight is 329 g/mol. The molecule has 1 aromatic rings. The van der Waals surface area contributed by atoms with E-state index in [1.807, 2.05) is 41.0 Å². The minimum absolute atomic E-state index is 0.0990. The summed E-state index contributed by atoms with van der Waals surface area (Å²) in [4.78, 5) is 28.1. The Bertz CT molecular complexity index is 589. The highest BCUT2D eigenvalue weighted by Crippen LogP contribution is 2.21. The van der Waals surface area contributed by atoms with Crippen LogP contribution in [-0.4, -0.2) is 47.3 Å². The lowest BCUT2D eigenvalue weighted by Gasteiger charge is -2.33. The molecule has 5 nitrogen and oxygen atoms in total. The third-order valence-electron chi connectivity index (χ3n) is 5.32. The fourth-order valence-electron chi connectivity index (χ4n) is 3.66. The van der Waals surface area contributed by atoms with Gasteiger partial charge in [0.15, 0.2) is 0 Å². The summed E-state index contributed by atoms with van der Waals surface area (Å²) >= 11 is 0. The van der Waals surface area contributed by atoms with Crippen LogP contribution in [0.3, 0.4) is 0 Å². The lowest BCUT2D eigenvalue weighted by atomic mass is 9.90. The molecule has 0 spiro atoms. The second-order valence-corrected chi connectivity index (χ2v) is 7.10. The normalized spacial score (nSPS) is 20.5. The van der Waals surface area contributed by atoms with Crippen molar-refractivity contribution in [3.05, 3.63) is 35.4 Å². The maximum atomic E-state index is 12.6. The molecule has 2 aliphatic rings. The first-order valence-electron chi connectivity index (χ1n) is 8.96. The number of rotatable bonds is 4. The molecule has 2 fully saturated rings. The van der Waals surface area contributed by atoms with Crippen molar-refractivity contribution in [2.24, 2.45) is 11.7 Å². The van der Waals surface area contributed by atoms with Gasteiger partial charge in [0.05, 0.1) is 0 Å². The van der Waals surface area contributed by atoms with Crippen LogP contribution in [0.1, 0.15) is 48.5 Å². The second-order valence-electron chi connectivity index (χ2n) is 7.10. The van der Waals surface area contributed by atoms with Gasteiger partial charge in [-0.15, -0.1) is 0 Å². The van der Waals surface area contributed by atoms with Crippen molar-refractivity contribution in [2.45, 2.75) is 45.2 Å². The van der Waals surface area contributed by atoms with Crippen LogP contribution >= 0.6 is 0 Å². The van der Waals surface area contributed by atoms with E-state index < -0.39 is 0 Å². The Morgan fingerprint density at radius 1 is 1.21 bits per heavy atom. The van der Waals surface area contributed by atoms with E-state index in [1.165, 1.54) is 0 Å². The highest BCUT2D eigenvalue weighted by molar-refractivity contribution is 5.94. The summed E-state index contributed by atoms with van der Waals surface area (Å²) in [5, 5.41) is 0. The lowest BCUT2D eigenvalue weighted by Crippen LogP contribution is -2.42. The van der Waals surface area contributed by atoms with E-state index in [-0.39, 0.29) is 17.9 Å². The van der Waals surface area contributed by atoms with Gasteiger partial charge in [-0.3, -0.25) is 9.59 Å². The molecule has 2 aliphatic heterocycles. The Labute approximate surface area is 143 Å². The van der Waals surface area contributed by atoms with E-state index in [0.29, 0.717) is 18.9 Å². The fraction of sp³-hybridized carbons (Fsp3) is 0.579. The Kier molecular flexibility index (Phi) is 5.19. The number of amides is 2. The molecular formula is C19H27N3O2. The number of carbonyl (C=O) groups is 2. The van der Waals surface area contributed by atoms with E-state index >= 15 is 0 Å². The third kappa shape index (κ3) is 3.78. The Balaban J connectivity index is 1.57. The van der Waals surface area contributed by atoms with Gasteiger partial charge in [0.1, 0.15) is 0 Å². The molecule has 2 N–H and O–H groups in total. The molecule has 1 unspecified atom stereocenters. The van der Waals surface area contributed by atoms with E-state index in [2.05, 4.69) is 0 Å². The molecule has 1 aromatic carbocycles. The SMILES string of the molecule is CC(N)C1CCN(C(=O)c2ccc(CN3CCCC3=O)cc2)CC1. The van der Waals surface area contributed by atoms with Gasteiger partial charge in [-0.1, -0.05) is 12.1 Å². The molecule has 3 rings (SSSR count). The maximum Gasteiger partial charge on any atom is 0.253 e. The predicted molar refractivity (Wildman–Crippen MR) is 93.4 cm³/mol. The number of hydrogen-bond donors (Lipinski definition) is 1. The Morgan fingerprint density at radius 3 is 2.42 bits per heavy atom. The summed E-state index contributed by atoms with van der Waals surface area (Å²) in [7, 11) is 0. The smallest absolute Gasteiger partial charge is 0.253 e. The van der Waals surface area contributed by atoms with Crippen LogP contribution in [0.25, 0.3) is 0 Å². The molecular weight excluding hydrogens is 302 g/mol. The lowest BCUT2D eigenvalue weighted by molar-refractivity contribution is -0.128. The molecule has 130 valence electrons. The topological polar surface area (TPSA) is 66.6 Å². The van der Waals surface area contributed by atoms with Crippen molar-refractivity contribution < 1.29 is 9.59 Å². The number of nitrogens with two attached hydrogens (primary N) is 1. The van der Waals surface area contributed by atoms with Gasteiger partial charge < -0.3 is 15.5 Å². The van der Waals surface area contributed by atoms with Crippen molar-refractivity contribution in [3.8, 4) is 0 Å². The zero-order valence-corrected chi connectivity index (χ0v) is 14.4. The molecule has 0 radical (unpaired) electrons. The van der Waals surface area contributed by atoms with Crippen LogP contribution in [0.4, 0.5) is 0 Å². The molecule has 5 heteroatoms. The van der Waals surface area contributed by atoms with Crippen LogP contribution in [0.5, 0.6) is 0 Å². The summed E-state index contributed by atoms with van der Waals surface area (Å²) in [5.41, 5.74) is 7.77. The molecule has 0 saturated carbocycles. The summed E-state index contributed by atoms with van der Waals surface area (Å²) < 4.78 is 0. The molecule has 0 bridgehead atoms. The number of hydrogen-bond acceptors (Lipinski definition) is 3. The fourth-order valence-corrected chi connectivity index (χ4v) is 3.66. The van der Waals surface area contributed by atoms with Crippen LogP contribution in [0.15, 0.2) is 24.3 Å². The van der Waals surface area contributed by atoms with Gasteiger partial charge in [0, 0.05) is 44.2 Å². The molecule has 24 heavy (non-hydrogen) atoms. The number of carbonyl (C=O) groups excluding carboxylic acids is 2. The van der Waals surface area contributed by atoms with E-state index in [9.17, 15) is 9.59 Å². The van der Waals surface area contributed by atoms with Crippen LogP contribution < -0.4 is 5.73 Å². The minimum Gasteiger partial charge on any atom is -0.339 e. The van der Waals surface area contributed by atoms with Crippen molar-refractivity contribution >= 4 is 11.8 Å². The standard InChI is InChI=1S/C19H27N3O2/c1-14(20)16-8-11-21(12-9-16)19(24)17-6-4-15(5-7-17)13-22-10-2-3-18(22)23/h4-7,14,16H,2-3,8-13,20H2,1H3. The number of benzene rings is 1. The monoisotopic (exact) mass is 329 g/mol. The second kappa shape index (κ2) is 7.34. The first kappa shape index (κ1) is 17.0. The highest BCUT2D eigenvalue weighted by atomic mass is 16.2. The van der Waals surface area contributed by atoms with Gasteiger partial charge in [-0.05, 0) is 49.8 Å². The van der Waals surface area contributed by atoms with E-state index in [4.69, 9.17) is 5.73 Å². The van der Waals surface area contributed by atoms with Gasteiger partial charge in [0.25, 0.3) is 5.91 Å². The van der Waals surface area contributed by atoms with Crippen LogP contribution in [0, 0.1) is 5.92 Å². The van der Waals surface area contributed by atoms with Crippen molar-refractivity contribution in [2.75, 3.05) is 19.6 Å². The van der Waals surface area contributed by atoms with Gasteiger partial charge >= 0.3 is 0 Å². The number of nitrogens with zero attached hydrogens (tertiary/aromatic N) is 2. The molecule has 2 heterocycles. The number of piperidine rings is 1. The minimum atomic E-state index is 0.0990. The summed E-state index contributed by atoms with van der Waals surface area (Å²) in [6.45, 7) is 5.11. The molecule has 1 atom stereocenters. The number of likely N-dealkylation sites (tertiary alicyclic amines) is 2. The van der Waals surface area contributed by atoms with Crippen molar-refractivity contribution in [1.29, 1.82) is 0 Å². The molecule has 2 saturated heterocycles. The molecule has 2 amide bonds. The van der Waals surface area contributed by atoms with Gasteiger partial charge in [-0.2, -0.15) is 0 Å². The Hall–Kier alpha value is -1.88.